The van der Waals surface area contributed by atoms with Gasteiger partial charge in [-0.25, -0.2) is 0 Å². The van der Waals surface area contributed by atoms with Gasteiger partial charge in [0.05, 0.1) is 29.4 Å². The van der Waals surface area contributed by atoms with Crippen molar-refractivity contribution in [2.24, 2.45) is 5.41 Å². The number of rotatable bonds is 3. The fourth-order valence-electron chi connectivity index (χ4n) is 5.39. The van der Waals surface area contributed by atoms with E-state index in [0.29, 0.717) is 41.3 Å². The second kappa shape index (κ2) is 7.88. The van der Waals surface area contributed by atoms with Crippen molar-refractivity contribution in [1.82, 2.24) is 9.55 Å². The van der Waals surface area contributed by atoms with E-state index in [1.165, 1.54) is 0 Å². The largest absolute Gasteiger partial charge is 0.454 e. The molecule has 3 aliphatic rings. The van der Waals surface area contributed by atoms with Crippen LogP contribution in [-0.2, 0) is 4.79 Å². The molecule has 0 unspecified atom stereocenters. The van der Waals surface area contributed by atoms with E-state index in [4.69, 9.17) is 9.47 Å². The number of ketones is 1. The van der Waals surface area contributed by atoms with Gasteiger partial charge in [-0.3, -0.25) is 14.7 Å². The summed E-state index contributed by atoms with van der Waals surface area (Å²) in [6, 6.07) is 15.8. The molecule has 7 heteroatoms. The molecular formula is C28H24N4O3. The van der Waals surface area contributed by atoms with Crippen LogP contribution in [0.15, 0.2) is 84.1 Å². The van der Waals surface area contributed by atoms with Crippen LogP contribution < -0.4 is 14.4 Å². The first kappa shape index (κ1) is 21.2. The summed E-state index contributed by atoms with van der Waals surface area (Å²) >= 11 is 0. The Labute approximate surface area is 203 Å². The molecule has 0 N–H and O–H groups in total. The summed E-state index contributed by atoms with van der Waals surface area (Å²) in [7, 11) is 0. The van der Waals surface area contributed by atoms with Crippen LogP contribution in [0.5, 0.6) is 11.5 Å². The van der Waals surface area contributed by atoms with Crippen molar-refractivity contribution in [3.63, 3.8) is 0 Å². The van der Waals surface area contributed by atoms with Crippen molar-refractivity contribution in [3.05, 3.63) is 89.7 Å². The highest BCUT2D eigenvalue weighted by atomic mass is 16.7. The zero-order valence-corrected chi connectivity index (χ0v) is 19.6. The van der Waals surface area contributed by atoms with Gasteiger partial charge in [-0.1, -0.05) is 19.9 Å². The maximum atomic E-state index is 13.8. The van der Waals surface area contributed by atoms with Gasteiger partial charge < -0.3 is 14.0 Å². The number of carbonyl (C=O) groups is 1. The van der Waals surface area contributed by atoms with Gasteiger partial charge in [-0.05, 0) is 53.8 Å². The molecule has 0 fully saturated rings. The maximum absolute atomic E-state index is 13.8. The van der Waals surface area contributed by atoms with Gasteiger partial charge in [-0.2, -0.15) is 5.26 Å². The number of fused-ring (bicyclic) bond motifs is 1. The molecule has 174 valence electrons. The molecule has 7 nitrogen and oxygen atoms in total. The number of aromatic nitrogens is 2. The predicted octanol–water partition coefficient (Wildman–Crippen LogP) is 5.25. The van der Waals surface area contributed by atoms with E-state index >= 15 is 0 Å². The van der Waals surface area contributed by atoms with Crippen molar-refractivity contribution >= 4 is 17.3 Å². The molecule has 0 radical (unpaired) electrons. The first-order valence-corrected chi connectivity index (χ1v) is 11.6. The molecule has 4 heterocycles. The van der Waals surface area contributed by atoms with E-state index < -0.39 is 5.92 Å². The average Bonchev–Trinajstić information content (AvgIpc) is 3.54. The van der Waals surface area contributed by atoms with E-state index in [1.54, 1.807) is 12.4 Å². The van der Waals surface area contributed by atoms with Crippen molar-refractivity contribution in [2.75, 3.05) is 11.7 Å². The highest BCUT2D eigenvalue weighted by Crippen LogP contribution is 2.52. The minimum atomic E-state index is -0.515. The first-order chi connectivity index (χ1) is 17.0. The molecule has 2 aromatic heterocycles. The normalized spacial score (nSPS) is 20.7. The molecule has 0 amide bonds. The number of Topliss-reactive ketones (excluding diaryl/α,β-unsaturated/α-hetero) is 1. The number of hydrogen-bond donors (Lipinski definition) is 0. The summed E-state index contributed by atoms with van der Waals surface area (Å²) in [4.78, 5) is 20.2. The summed E-state index contributed by atoms with van der Waals surface area (Å²) in [6.07, 6.45) is 8.45. The SMILES string of the molecule is CC1(C)CC(=O)C2=C(C1)N(c1cccnc1)C(n1cccc1)=C(C#N)[C@H]2c1ccc2c(c1)OCO2. The Hall–Kier alpha value is -4.31. The Morgan fingerprint density at radius 2 is 1.89 bits per heavy atom. The van der Waals surface area contributed by atoms with Crippen LogP contribution >= 0.6 is 0 Å². The van der Waals surface area contributed by atoms with Gasteiger partial charge >= 0.3 is 0 Å². The molecule has 0 saturated carbocycles. The fourth-order valence-corrected chi connectivity index (χ4v) is 5.39. The average molecular weight is 465 g/mol. The molecular weight excluding hydrogens is 440 g/mol. The van der Waals surface area contributed by atoms with E-state index in [0.717, 1.165) is 16.9 Å². The van der Waals surface area contributed by atoms with Gasteiger partial charge in [0, 0.05) is 36.3 Å². The van der Waals surface area contributed by atoms with Crippen molar-refractivity contribution in [2.45, 2.75) is 32.6 Å². The summed E-state index contributed by atoms with van der Waals surface area (Å²) in [5.74, 6) is 1.55. The van der Waals surface area contributed by atoms with E-state index in [1.807, 2.05) is 64.3 Å². The second-order valence-corrected chi connectivity index (χ2v) is 9.83. The van der Waals surface area contributed by atoms with Gasteiger partial charge in [0.25, 0.3) is 0 Å². The lowest BCUT2D eigenvalue weighted by molar-refractivity contribution is -0.118. The lowest BCUT2D eigenvalue weighted by atomic mass is 9.68. The van der Waals surface area contributed by atoms with Crippen LogP contribution in [-0.4, -0.2) is 22.1 Å². The van der Waals surface area contributed by atoms with E-state index in [9.17, 15) is 10.1 Å². The smallest absolute Gasteiger partial charge is 0.231 e. The third-order valence-corrected chi connectivity index (χ3v) is 6.80. The predicted molar refractivity (Wildman–Crippen MR) is 130 cm³/mol. The van der Waals surface area contributed by atoms with Crippen molar-refractivity contribution < 1.29 is 14.3 Å². The van der Waals surface area contributed by atoms with Crippen molar-refractivity contribution in [1.29, 1.82) is 5.26 Å². The molecule has 0 spiro atoms. The highest BCUT2D eigenvalue weighted by Gasteiger charge is 2.45. The van der Waals surface area contributed by atoms with Crippen LogP contribution in [0.1, 0.15) is 38.2 Å². The molecule has 3 aromatic rings. The number of ether oxygens (including phenoxy) is 2. The maximum Gasteiger partial charge on any atom is 0.231 e. The Kier molecular flexibility index (Phi) is 4.78. The van der Waals surface area contributed by atoms with Crippen LogP contribution in [0, 0.1) is 16.7 Å². The Morgan fingerprint density at radius 3 is 2.63 bits per heavy atom. The number of benzene rings is 1. The molecule has 1 aliphatic carbocycles. The molecule has 2 aliphatic heterocycles. The molecule has 0 saturated heterocycles. The number of nitriles is 1. The van der Waals surface area contributed by atoms with Crippen LogP contribution in [0.4, 0.5) is 5.69 Å². The lowest BCUT2D eigenvalue weighted by Gasteiger charge is -2.44. The summed E-state index contributed by atoms with van der Waals surface area (Å²) in [5.41, 5.74) is 3.50. The number of nitrogens with zero attached hydrogens (tertiary/aromatic N) is 4. The minimum absolute atomic E-state index is 0.0621. The molecule has 0 bridgehead atoms. The van der Waals surface area contributed by atoms with E-state index in [-0.39, 0.29) is 18.0 Å². The summed E-state index contributed by atoms with van der Waals surface area (Å²) in [6.45, 7) is 4.39. The van der Waals surface area contributed by atoms with Crippen molar-refractivity contribution in [3.8, 4) is 17.6 Å². The Morgan fingerprint density at radius 1 is 1.09 bits per heavy atom. The van der Waals surface area contributed by atoms with Gasteiger partial charge in [0.2, 0.25) is 6.79 Å². The van der Waals surface area contributed by atoms with Gasteiger partial charge in [0.1, 0.15) is 5.82 Å². The topological polar surface area (TPSA) is 80.4 Å². The zero-order valence-electron chi connectivity index (χ0n) is 19.6. The molecule has 6 rings (SSSR count). The minimum Gasteiger partial charge on any atom is -0.454 e. The summed E-state index contributed by atoms with van der Waals surface area (Å²) < 4.78 is 13.1. The molecule has 35 heavy (non-hydrogen) atoms. The molecule has 1 aromatic carbocycles. The third kappa shape index (κ3) is 3.41. The zero-order chi connectivity index (χ0) is 24.2. The standard InChI is InChI=1S/C28H24N4O3/c1-28(2)13-21-26(22(33)14-28)25(18-7-8-23-24(12-18)35-17-34-23)20(15-29)27(31-10-3-4-11-31)32(21)19-6-5-9-30-16-19/h3-12,16,25H,13-14,17H2,1-2H3/t25-/m1/s1. The number of pyridine rings is 1. The third-order valence-electron chi connectivity index (χ3n) is 6.80. The summed E-state index contributed by atoms with van der Waals surface area (Å²) in [5, 5.41) is 10.6. The van der Waals surface area contributed by atoms with Crippen LogP contribution in [0.25, 0.3) is 5.82 Å². The number of allylic oxidation sites excluding steroid dienone is 3. The fraction of sp³-hybridized carbons (Fsp3) is 0.250. The van der Waals surface area contributed by atoms with Crippen LogP contribution in [0.3, 0.4) is 0 Å². The Balaban J connectivity index is 1.67. The van der Waals surface area contributed by atoms with Gasteiger partial charge in [0.15, 0.2) is 17.3 Å². The number of anilines is 1. The monoisotopic (exact) mass is 464 g/mol. The highest BCUT2D eigenvalue weighted by molar-refractivity contribution is 6.03. The molecule has 1 atom stereocenters. The second-order valence-electron chi connectivity index (χ2n) is 9.83. The lowest BCUT2D eigenvalue weighted by Crippen LogP contribution is -2.40. The quantitative estimate of drug-likeness (QED) is 0.527. The first-order valence-electron chi connectivity index (χ1n) is 11.6. The number of carbonyl (C=O) groups excluding carboxylic acids is 1. The van der Waals surface area contributed by atoms with E-state index in [2.05, 4.69) is 24.9 Å². The van der Waals surface area contributed by atoms with Gasteiger partial charge in [-0.15, -0.1) is 0 Å². The van der Waals surface area contributed by atoms with Crippen LogP contribution in [0.2, 0.25) is 0 Å². The number of hydrogen-bond acceptors (Lipinski definition) is 6. The Bertz CT molecular complexity index is 1430.